The van der Waals surface area contributed by atoms with Crippen LogP contribution >= 0.6 is 34.8 Å². The van der Waals surface area contributed by atoms with Gasteiger partial charge in [0.25, 0.3) is 5.91 Å². The molecule has 0 spiro atoms. The van der Waals surface area contributed by atoms with Crippen molar-refractivity contribution in [3.05, 3.63) is 27.2 Å². The number of benzene rings is 1. The molecule has 1 unspecified atom stereocenters. The second kappa shape index (κ2) is 6.24. The van der Waals surface area contributed by atoms with Crippen molar-refractivity contribution in [3.8, 4) is 0 Å². The van der Waals surface area contributed by atoms with Crippen LogP contribution in [0.15, 0.2) is 12.1 Å². The van der Waals surface area contributed by atoms with Crippen LogP contribution in [-0.4, -0.2) is 23.0 Å². The van der Waals surface area contributed by atoms with Crippen LogP contribution in [-0.2, 0) is 9.59 Å². The van der Waals surface area contributed by atoms with E-state index in [1.54, 1.807) is 0 Å². The number of carbonyl (C=O) groups is 2. The standard InChI is InChI=1S/C10H9Cl3N2O3/c11-4-1-5(12)9(6(13)2-4)15-10(18)7(16)3-8(14)17/h1-2,7,16H,3H2,(H2,14,17)(H,15,18). The molecule has 98 valence electrons. The zero-order chi connectivity index (χ0) is 13.9. The minimum absolute atomic E-state index is 0.108. The average Bonchev–Trinajstić information content (AvgIpc) is 2.21. The highest BCUT2D eigenvalue weighted by atomic mass is 35.5. The van der Waals surface area contributed by atoms with Crippen molar-refractivity contribution >= 4 is 52.3 Å². The van der Waals surface area contributed by atoms with Gasteiger partial charge < -0.3 is 16.2 Å². The average molecular weight is 312 g/mol. The number of hydrogen-bond donors (Lipinski definition) is 3. The number of aliphatic hydroxyl groups is 1. The van der Waals surface area contributed by atoms with Crippen molar-refractivity contribution in [3.63, 3.8) is 0 Å². The molecule has 0 fully saturated rings. The molecule has 5 nitrogen and oxygen atoms in total. The number of rotatable bonds is 4. The Morgan fingerprint density at radius 2 is 1.78 bits per heavy atom. The normalized spacial score (nSPS) is 12.0. The molecule has 4 N–H and O–H groups in total. The van der Waals surface area contributed by atoms with Crippen LogP contribution in [0, 0.1) is 0 Å². The molecule has 0 saturated heterocycles. The van der Waals surface area contributed by atoms with E-state index in [4.69, 9.17) is 40.5 Å². The van der Waals surface area contributed by atoms with Gasteiger partial charge in [-0.05, 0) is 12.1 Å². The molecule has 18 heavy (non-hydrogen) atoms. The number of nitrogens with one attached hydrogen (secondary N) is 1. The molecule has 0 aliphatic heterocycles. The van der Waals surface area contributed by atoms with E-state index in [0.717, 1.165) is 0 Å². The number of hydrogen-bond acceptors (Lipinski definition) is 3. The van der Waals surface area contributed by atoms with Crippen molar-refractivity contribution < 1.29 is 14.7 Å². The maximum absolute atomic E-state index is 11.5. The number of carbonyl (C=O) groups excluding carboxylic acids is 2. The Labute approximate surface area is 118 Å². The van der Waals surface area contributed by atoms with E-state index in [1.807, 2.05) is 0 Å². The van der Waals surface area contributed by atoms with Crippen LogP contribution in [0.4, 0.5) is 5.69 Å². The van der Waals surface area contributed by atoms with Crippen LogP contribution < -0.4 is 11.1 Å². The third-order valence-electron chi connectivity index (χ3n) is 1.95. The fourth-order valence-corrected chi connectivity index (χ4v) is 2.06. The van der Waals surface area contributed by atoms with Gasteiger partial charge in [-0.15, -0.1) is 0 Å². The minimum Gasteiger partial charge on any atom is -0.383 e. The lowest BCUT2D eigenvalue weighted by Crippen LogP contribution is -2.32. The molecule has 0 aliphatic carbocycles. The van der Waals surface area contributed by atoms with E-state index < -0.39 is 24.3 Å². The molecule has 1 aromatic rings. The summed E-state index contributed by atoms with van der Waals surface area (Å²) in [4.78, 5) is 22.1. The summed E-state index contributed by atoms with van der Waals surface area (Å²) in [6.45, 7) is 0. The monoisotopic (exact) mass is 310 g/mol. The lowest BCUT2D eigenvalue weighted by Gasteiger charge is -2.12. The highest BCUT2D eigenvalue weighted by Crippen LogP contribution is 2.33. The Morgan fingerprint density at radius 1 is 1.28 bits per heavy atom. The molecule has 2 amide bonds. The second-order valence-corrected chi connectivity index (χ2v) is 4.67. The first-order valence-electron chi connectivity index (χ1n) is 4.73. The van der Waals surface area contributed by atoms with Gasteiger partial charge in [0.15, 0.2) is 0 Å². The van der Waals surface area contributed by atoms with Gasteiger partial charge in [0.1, 0.15) is 6.10 Å². The third-order valence-corrected chi connectivity index (χ3v) is 2.77. The smallest absolute Gasteiger partial charge is 0.253 e. The predicted octanol–water partition coefficient (Wildman–Crippen LogP) is 1.82. The fourth-order valence-electron chi connectivity index (χ4n) is 1.15. The number of halogens is 3. The molecule has 0 bridgehead atoms. The van der Waals surface area contributed by atoms with Gasteiger partial charge in [-0.2, -0.15) is 0 Å². The summed E-state index contributed by atoms with van der Waals surface area (Å²) < 4.78 is 0. The first-order chi connectivity index (χ1) is 8.31. The topological polar surface area (TPSA) is 92.4 Å². The van der Waals surface area contributed by atoms with E-state index in [9.17, 15) is 14.7 Å². The summed E-state index contributed by atoms with van der Waals surface area (Å²) >= 11 is 17.4. The number of amides is 2. The van der Waals surface area contributed by atoms with Crippen LogP contribution in [0.5, 0.6) is 0 Å². The minimum atomic E-state index is -1.56. The molecular formula is C10H9Cl3N2O3. The molecule has 0 saturated carbocycles. The van der Waals surface area contributed by atoms with Gasteiger partial charge in [-0.25, -0.2) is 0 Å². The summed E-state index contributed by atoms with van der Waals surface area (Å²) in [6, 6.07) is 2.76. The third kappa shape index (κ3) is 4.03. The van der Waals surface area contributed by atoms with Gasteiger partial charge in [0.05, 0.1) is 22.2 Å². The van der Waals surface area contributed by atoms with Gasteiger partial charge in [-0.3, -0.25) is 9.59 Å². The van der Waals surface area contributed by atoms with Gasteiger partial charge >= 0.3 is 0 Å². The van der Waals surface area contributed by atoms with Crippen molar-refractivity contribution in [2.75, 3.05) is 5.32 Å². The SMILES string of the molecule is NC(=O)CC(O)C(=O)Nc1c(Cl)cc(Cl)cc1Cl. The summed E-state index contributed by atoms with van der Waals surface area (Å²) in [7, 11) is 0. The van der Waals surface area contributed by atoms with Gasteiger partial charge in [0, 0.05) is 5.02 Å². The van der Waals surface area contributed by atoms with Crippen molar-refractivity contribution in [2.45, 2.75) is 12.5 Å². The highest BCUT2D eigenvalue weighted by molar-refractivity contribution is 6.42. The summed E-state index contributed by atoms with van der Waals surface area (Å²) in [6.07, 6.45) is -2.06. The summed E-state index contributed by atoms with van der Waals surface area (Å²) in [5.74, 6) is -1.63. The molecular weight excluding hydrogens is 302 g/mol. The Hall–Kier alpha value is -1.01. The highest BCUT2D eigenvalue weighted by Gasteiger charge is 2.20. The number of aliphatic hydroxyl groups excluding tert-OH is 1. The van der Waals surface area contributed by atoms with Crippen LogP contribution in [0.1, 0.15) is 6.42 Å². The zero-order valence-corrected chi connectivity index (χ0v) is 11.2. The Kier molecular flexibility index (Phi) is 5.22. The van der Waals surface area contributed by atoms with Crippen LogP contribution in [0.3, 0.4) is 0 Å². The van der Waals surface area contributed by atoms with Gasteiger partial charge in [-0.1, -0.05) is 34.8 Å². The predicted molar refractivity (Wildman–Crippen MR) is 69.9 cm³/mol. The number of nitrogens with two attached hydrogens (primary N) is 1. The maximum atomic E-state index is 11.5. The Morgan fingerprint density at radius 3 is 2.22 bits per heavy atom. The maximum Gasteiger partial charge on any atom is 0.253 e. The Bertz CT molecular complexity index is 470. The lowest BCUT2D eigenvalue weighted by molar-refractivity contribution is -0.129. The summed E-state index contributed by atoms with van der Waals surface area (Å²) in [5, 5.41) is 12.2. The van der Waals surface area contributed by atoms with Crippen molar-refractivity contribution in [2.24, 2.45) is 5.73 Å². The van der Waals surface area contributed by atoms with Gasteiger partial charge in [0.2, 0.25) is 5.91 Å². The quantitative estimate of drug-likeness (QED) is 0.792. The van der Waals surface area contributed by atoms with E-state index in [2.05, 4.69) is 5.32 Å². The van der Waals surface area contributed by atoms with E-state index >= 15 is 0 Å². The largest absolute Gasteiger partial charge is 0.383 e. The molecule has 1 atom stereocenters. The van der Waals surface area contributed by atoms with Crippen LogP contribution in [0.25, 0.3) is 0 Å². The second-order valence-electron chi connectivity index (χ2n) is 3.42. The molecule has 0 aliphatic rings. The fraction of sp³-hybridized carbons (Fsp3) is 0.200. The first kappa shape index (κ1) is 15.0. The van der Waals surface area contributed by atoms with E-state index in [-0.39, 0.29) is 15.7 Å². The summed E-state index contributed by atoms with van der Waals surface area (Å²) in [5.41, 5.74) is 4.96. The number of primary amides is 1. The van der Waals surface area contributed by atoms with E-state index in [0.29, 0.717) is 5.02 Å². The molecule has 0 heterocycles. The molecule has 1 rings (SSSR count). The zero-order valence-electron chi connectivity index (χ0n) is 8.91. The lowest BCUT2D eigenvalue weighted by atomic mass is 10.2. The molecule has 1 aromatic carbocycles. The first-order valence-corrected chi connectivity index (χ1v) is 5.86. The van der Waals surface area contributed by atoms with Crippen molar-refractivity contribution in [1.29, 1.82) is 0 Å². The molecule has 0 radical (unpaired) electrons. The Balaban J connectivity index is 2.85. The van der Waals surface area contributed by atoms with Crippen molar-refractivity contribution in [1.82, 2.24) is 0 Å². The molecule has 8 heteroatoms. The number of anilines is 1. The molecule has 0 aromatic heterocycles. The van der Waals surface area contributed by atoms with E-state index in [1.165, 1.54) is 12.1 Å². The van der Waals surface area contributed by atoms with Crippen LogP contribution in [0.2, 0.25) is 15.1 Å².